The van der Waals surface area contributed by atoms with Gasteiger partial charge in [0, 0.05) is 6.20 Å². The monoisotopic (exact) mass is 200 g/mol. The maximum atomic E-state index is 12.5. The average molecular weight is 201 g/mol. The second-order valence-electron chi connectivity index (χ2n) is 1.61. The fourth-order valence-corrected chi connectivity index (χ4v) is 0.699. The number of nitrogens with zero attached hydrogens (tertiary/aromatic N) is 2. The van der Waals surface area contributed by atoms with Crippen LogP contribution in [0.5, 0.6) is 0 Å². The molecule has 50 valence electrons. The number of halogens is 2. The van der Waals surface area contributed by atoms with E-state index < -0.39 is 5.82 Å². The van der Waals surface area contributed by atoms with Crippen molar-refractivity contribution in [3.8, 4) is 6.07 Å². The molecule has 10 heavy (non-hydrogen) atoms. The molecule has 0 atom stereocenters. The van der Waals surface area contributed by atoms with E-state index in [2.05, 4.69) is 20.9 Å². The summed E-state index contributed by atoms with van der Waals surface area (Å²) in [5.74, 6) is -0.515. The Morgan fingerprint density at radius 3 is 2.90 bits per heavy atom. The van der Waals surface area contributed by atoms with Gasteiger partial charge in [0.05, 0.1) is 5.56 Å². The molecule has 4 heteroatoms. The first-order valence-corrected chi connectivity index (χ1v) is 3.24. The fraction of sp³-hybridized carbons (Fsp3) is 0. The Labute approximate surface area is 65.4 Å². The lowest BCUT2D eigenvalue weighted by molar-refractivity contribution is 0.612. The quantitative estimate of drug-likeness (QED) is 0.600. The van der Waals surface area contributed by atoms with Crippen molar-refractivity contribution in [3.05, 3.63) is 28.2 Å². The molecule has 0 N–H and O–H groups in total. The van der Waals surface area contributed by atoms with Gasteiger partial charge in [0.1, 0.15) is 10.7 Å². The largest absolute Gasteiger partial charge is 0.245 e. The summed E-state index contributed by atoms with van der Waals surface area (Å²) in [6, 6.07) is 2.89. The summed E-state index contributed by atoms with van der Waals surface area (Å²) in [5.41, 5.74) is 0.223. The van der Waals surface area contributed by atoms with E-state index in [0.29, 0.717) is 0 Å². The number of pyridine rings is 1. The van der Waals surface area contributed by atoms with E-state index in [1.165, 1.54) is 6.20 Å². The van der Waals surface area contributed by atoms with E-state index in [9.17, 15) is 4.39 Å². The van der Waals surface area contributed by atoms with E-state index >= 15 is 0 Å². The van der Waals surface area contributed by atoms with Crippen LogP contribution in [0.15, 0.2) is 16.9 Å². The van der Waals surface area contributed by atoms with Gasteiger partial charge in [-0.25, -0.2) is 9.37 Å². The van der Waals surface area contributed by atoms with Crippen LogP contribution in [-0.2, 0) is 0 Å². The minimum Gasteiger partial charge on any atom is -0.245 e. The molecule has 0 aliphatic rings. The second kappa shape index (κ2) is 2.76. The van der Waals surface area contributed by atoms with Gasteiger partial charge in [0.15, 0.2) is 5.82 Å². The van der Waals surface area contributed by atoms with E-state index in [1.807, 2.05) is 0 Å². The summed E-state index contributed by atoms with van der Waals surface area (Å²) in [4.78, 5) is 3.57. The Hall–Kier alpha value is -0.950. The molecular weight excluding hydrogens is 199 g/mol. The number of nitriles is 1. The van der Waals surface area contributed by atoms with Gasteiger partial charge in [-0.1, -0.05) is 0 Å². The smallest absolute Gasteiger partial charge is 0.157 e. The minimum absolute atomic E-state index is 0.131. The standard InChI is InChI=1S/C6H2BrFN2/c7-6-5(8)1-4(2-9)3-10-6/h1,3H. The zero-order valence-electron chi connectivity index (χ0n) is 4.81. The maximum Gasteiger partial charge on any atom is 0.157 e. The lowest BCUT2D eigenvalue weighted by Crippen LogP contribution is -1.84. The normalized spacial score (nSPS) is 8.90. The van der Waals surface area contributed by atoms with Crippen LogP contribution in [0.2, 0.25) is 0 Å². The van der Waals surface area contributed by atoms with E-state index in [4.69, 9.17) is 5.26 Å². The van der Waals surface area contributed by atoms with Crippen molar-refractivity contribution in [2.75, 3.05) is 0 Å². The zero-order chi connectivity index (χ0) is 7.56. The third-order valence-electron chi connectivity index (χ3n) is 0.925. The third kappa shape index (κ3) is 1.31. The van der Waals surface area contributed by atoms with Gasteiger partial charge in [-0.3, -0.25) is 0 Å². The molecule has 0 fully saturated rings. The Bertz CT molecular complexity index is 292. The summed E-state index contributed by atoms with van der Waals surface area (Å²) in [6.45, 7) is 0. The van der Waals surface area contributed by atoms with E-state index in [-0.39, 0.29) is 10.2 Å². The molecule has 1 aromatic heterocycles. The van der Waals surface area contributed by atoms with Crippen LogP contribution in [0.4, 0.5) is 4.39 Å². The molecule has 0 bridgehead atoms. The highest BCUT2D eigenvalue weighted by molar-refractivity contribution is 9.10. The number of hydrogen-bond donors (Lipinski definition) is 0. The molecule has 0 unspecified atom stereocenters. The summed E-state index contributed by atoms with van der Waals surface area (Å²) in [5, 5.41) is 8.28. The highest BCUT2D eigenvalue weighted by atomic mass is 79.9. The predicted octanol–water partition coefficient (Wildman–Crippen LogP) is 1.85. The highest BCUT2D eigenvalue weighted by Crippen LogP contribution is 2.11. The molecule has 0 saturated heterocycles. The maximum absolute atomic E-state index is 12.5. The Balaban J connectivity index is 3.20. The van der Waals surface area contributed by atoms with Crippen LogP contribution in [-0.4, -0.2) is 4.98 Å². The van der Waals surface area contributed by atoms with Crippen molar-refractivity contribution in [2.24, 2.45) is 0 Å². The molecule has 0 aromatic carbocycles. The summed E-state index contributed by atoms with van der Waals surface area (Å²) >= 11 is 2.86. The van der Waals surface area contributed by atoms with Gasteiger partial charge in [0.2, 0.25) is 0 Å². The van der Waals surface area contributed by atoms with Gasteiger partial charge >= 0.3 is 0 Å². The van der Waals surface area contributed by atoms with Crippen molar-refractivity contribution in [1.82, 2.24) is 4.98 Å². The average Bonchev–Trinajstić information content (AvgIpc) is 1.95. The zero-order valence-corrected chi connectivity index (χ0v) is 6.39. The van der Waals surface area contributed by atoms with Crippen molar-refractivity contribution < 1.29 is 4.39 Å². The van der Waals surface area contributed by atoms with Crippen LogP contribution in [0, 0.1) is 17.1 Å². The highest BCUT2D eigenvalue weighted by Gasteiger charge is 1.99. The van der Waals surface area contributed by atoms with Gasteiger partial charge < -0.3 is 0 Å². The van der Waals surface area contributed by atoms with Gasteiger partial charge in [-0.15, -0.1) is 0 Å². The predicted molar refractivity (Wildman–Crippen MR) is 36.6 cm³/mol. The molecule has 0 aliphatic carbocycles. The number of hydrogen-bond acceptors (Lipinski definition) is 2. The van der Waals surface area contributed by atoms with Crippen LogP contribution >= 0.6 is 15.9 Å². The topological polar surface area (TPSA) is 36.7 Å². The Kier molecular flexibility index (Phi) is 1.97. The number of aromatic nitrogens is 1. The SMILES string of the molecule is N#Cc1cnc(Br)c(F)c1. The molecule has 0 radical (unpaired) electrons. The Morgan fingerprint density at radius 2 is 2.40 bits per heavy atom. The van der Waals surface area contributed by atoms with Crippen LogP contribution in [0.1, 0.15) is 5.56 Å². The molecule has 1 heterocycles. The molecule has 0 amide bonds. The van der Waals surface area contributed by atoms with Gasteiger partial charge in [0.25, 0.3) is 0 Å². The summed E-state index contributed by atoms with van der Waals surface area (Å²) in [6.07, 6.45) is 1.30. The minimum atomic E-state index is -0.515. The molecule has 2 nitrogen and oxygen atoms in total. The van der Waals surface area contributed by atoms with Crippen molar-refractivity contribution in [3.63, 3.8) is 0 Å². The fourth-order valence-electron chi connectivity index (χ4n) is 0.482. The van der Waals surface area contributed by atoms with Crippen molar-refractivity contribution in [1.29, 1.82) is 5.26 Å². The van der Waals surface area contributed by atoms with E-state index in [0.717, 1.165) is 6.07 Å². The molecule has 0 spiro atoms. The van der Waals surface area contributed by atoms with Crippen LogP contribution in [0.3, 0.4) is 0 Å². The van der Waals surface area contributed by atoms with Crippen molar-refractivity contribution in [2.45, 2.75) is 0 Å². The lowest BCUT2D eigenvalue weighted by atomic mass is 10.3. The first kappa shape index (κ1) is 7.16. The molecule has 0 aliphatic heterocycles. The molecule has 1 aromatic rings. The van der Waals surface area contributed by atoms with Crippen LogP contribution in [0.25, 0.3) is 0 Å². The Morgan fingerprint density at radius 1 is 1.70 bits per heavy atom. The first-order valence-electron chi connectivity index (χ1n) is 2.45. The molecule has 0 saturated carbocycles. The second-order valence-corrected chi connectivity index (χ2v) is 2.36. The van der Waals surface area contributed by atoms with E-state index in [1.54, 1.807) is 6.07 Å². The van der Waals surface area contributed by atoms with Gasteiger partial charge in [-0.05, 0) is 22.0 Å². The lowest BCUT2D eigenvalue weighted by Gasteiger charge is -1.90. The number of rotatable bonds is 0. The first-order chi connectivity index (χ1) is 4.74. The molecule has 1 rings (SSSR count). The van der Waals surface area contributed by atoms with Crippen molar-refractivity contribution >= 4 is 15.9 Å². The third-order valence-corrected chi connectivity index (χ3v) is 1.51. The summed E-state index contributed by atoms with van der Waals surface area (Å²) in [7, 11) is 0. The molecular formula is C6H2BrFN2. The van der Waals surface area contributed by atoms with Crippen LogP contribution < -0.4 is 0 Å². The van der Waals surface area contributed by atoms with Gasteiger partial charge in [-0.2, -0.15) is 5.26 Å². The summed E-state index contributed by atoms with van der Waals surface area (Å²) < 4.78 is 12.6.